The highest BCUT2D eigenvalue weighted by Gasteiger charge is 2.49. The van der Waals surface area contributed by atoms with Crippen LogP contribution < -0.4 is 0 Å². The summed E-state index contributed by atoms with van der Waals surface area (Å²) in [6.07, 6.45) is 2.57. The Morgan fingerprint density at radius 2 is 2.20 bits per heavy atom. The van der Waals surface area contributed by atoms with E-state index in [-0.39, 0.29) is 43.5 Å². The lowest BCUT2D eigenvalue weighted by molar-refractivity contribution is -0.173. The molecule has 1 aromatic rings. The van der Waals surface area contributed by atoms with E-state index in [4.69, 9.17) is 4.74 Å². The number of nitrogens with zero attached hydrogens (tertiary/aromatic N) is 4. The molecule has 0 unspecified atom stereocenters. The minimum atomic E-state index is -0.957. The Hall–Kier alpha value is -1.93. The van der Waals surface area contributed by atoms with Crippen LogP contribution in [0.4, 0.5) is 0 Å². The first kappa shape index (κ1) is 17.9. The van der Waals surface area contributed by atoms with Crippen molar-refractivity contribution < 1.29 is 19.4 Å². The molecule has 2 atom stereocenters. The van der Waals surface area contributed by atoms with E-state index in [1.165, 1.54) is 7.11 Å². The topological polar surface area (TPSA) is 87.9 Å². The zero-order chi connectivity index (χ0) is 18.2. The number of methoxy groups -OCH3 is 1. The zero-order valence-corrected chi connectivity index (χ0v) is 15.0. The van der Waals surface area contributed by atoms with Gasteiger partial charge in [0, 0.05) is 33.3 Å². The summed E-state index contributed by atoms with van der Waals surface area (Å²) in [5.41, 5.74) is -0.0950. The molecule has 0 bridgehead atoms. The third-order valence-corrected chi connectivity index (χ3v) is 5.22. The summed E-state index contributed by atoms with van der Waals surface area (Å²) in [6, 6.07) is 1.55. The summed E-state index contributed by atoms with van der Waals surface area (Å²) in [5.74, 6) is -0.268. The number of rotatable bonds is 5. The van der Waals surface area contributed by atoms with E-state index in [2.05, 4.69) is 5.10 Å². The number of hydrogen-bond donors (Lipinski definition) is 1. The van der Waals surface area contributed by atoms with Crippen molar-refractivity contribution in [2.45, 2.75) is 31.4 Å². The van der Waals surface area contributed by atoms with Gasteiger partial charge in [-0.15, -0.1) is 0 Å². The lowest BCUT2D eigenvalue weighted by Gasteiger charge is -2.49. The third kappa shape index (κ3) is 3.16. The van der Waals surface area contributed by atoms with Gasteiger partial charge in [-0.05, 0) is 19.4 Å². The quantitative estimate of drug-likeness (QED) is 0.804. The minimum absolute atomic E-state index is 0.0158. The molecule has 2 aliphatic rings. The number of piperidine rings is 1. The number of β-amino-alcohol motifs (C(OH)–C–C–N with tert-alkyl or cyclic N) is 1. The van der Waals surface area contributed by atoms with Gasteiger partial charge in [0.2, 0.25) is 11.8 Å². The average molecular weight is 350 g/mol. The number of hydrogen-bond acceptors (Lipinski definition) is 5. The van der Waals surface area contributed by atoms with Crippen molar-refractivity contribution in [3.63, 3.8) is 0 Å². The maximum Gasteiger partial charge on any atom is 0.228 e. The smallest absolute Gasteiger partial charge is 0.228 e. The molecule has 8 heteroatoms. The van der Waals surface area contributed by atoms with Crippen molar-refractivity contribution in [2.24, 2.45) is 13.0 Å². The van der Waals surface area contributed by atoms with Crippen molar-refractivity contribution in [3.05, 3.63) is 18.0 Å². The highest BCUT2D eigenvalue weighted by atomic mass is 16.5. The van der Waals surface area contributed by atoms with Crippen molar-refractivity contribution in [1.29, 1.82) is 0 Å². The van der Waals surface area contributed by atoms with Gasteiger partial charge >= 0.3 is 0 Å². The first-order valence-electron chi connectivity index (χ1n) is 8.67. The van der Waals surface area contributed by atoms with Crippen molar-refractivity contribution in [2.75, 3.05) is 33.4 Å². The lowest BCUT2D eigenvalue weighted by atomic mass is 9.83. The first-order chi connectivity index (χ1) is 11.9. The molecule has 0 aliphatic carbocycles. The predicted octanol–water partition coefficient (Wildman–Crippen LogP) is -0.0606. The standard InChI is InChI=1S/C17H26N4O4/c1-4-21-14(22)6-5-12(15(21)13-7-8-18-19(13)2)16(23)20-9-17(24,10-20)11-25-3/h7-8,12,15,24H,4-6,9-11H2,1-3H3/t12-,15-/m0/s1. The monoisotopic (exact) mass is 350 g/mol. The Morgan fingerprint density at radius 1 is 1.48 bits per heavy atom. The van der Waals surface area contributed by atoms with Crippen LogP contribution >= 0.6 is 0 Å². The number of carbonyl (C=O) groups excluding carboxylic acids is 2. The molecule has 0 saturated carbocycles. The van der Waals surface area contributed by atoms with Crippen LogP contribution in [0.15, 0.2) is 12.3 Å². The number of aromatic nitrogens is 2. The molecule has 8 nitrogen and oxygen atoms in total. The Labute approximate surface area is 147 Å². The largest absolute Gasteiger partial charge is 0.384 e. The Bertz CT molecular complexity index is 653. The molecule has 0 radical (unpaired) electrons. The second kappa shape index (κ2) is 6.76. The summed E-state index contributed by atoms with van der Waals surface area (Å²) < 4.78 is 6.74. The summed E-state index contributed by atoms with van der Waals surface area (Å²) >= 11 is 0. The maximum atomic E-state index is 13.1. The number of aliphatic hydroxyl groups is 1. The van der Waals surface area contributed by atoms with Crippen LogP contribution in [-0.2, 0) is 21.4 Å². The molecule has 0 aromatic carbocycles. The van der Waals surface area contributed by atoms with E-state index in [0.29, 0.717) is 19.4 Å². The molecular weight excluding hydrogens is 324 g/mol. The predicted molar refractivity (Wildman–Crippen MR) is 89.5 cm³/mol. The molecule has 0 spiro atoms. The van der Waals surface area contributed by atoms with Gasteiger partial charge in [-0.25, -0.2) is 0 Å². The Kier molecular flexibility index (Phi) is 4.83. The molecule has 3 heterocycles. The number of aryl methyl sites for hydroxylation is 1. The highest BCUT2D eigenvalue weighted by molar-refractivity contribution is 5.85. The van der Waals surface area contributed by atoms with E-state index in [1.807, 2.05) is 20.0 Å². The van der Waals surface area contributed by atoms with Gasteiger partial charge in [-0.1, -0.05) is 0 Å². The van der Waals surface area contributed by atoms with E-state index in [0.717, 1.165) is 5.69 Å². The van der Waals surface area contributed by atoms with Gasteiger partial charge < -0.3 is 19.6 Å². The molecule has 3 rings (SSSR count). The summed E-state index contributed by atoms with van der Waals surface area (Å²) in [4.78, 5) is 28.9. The van der Waals surface area contributed by atoms with Gasteiger partial charge in [0.1, 0.15) is 5.60 Å². The summed E-state index contributed by atoms with van der Waals surface area (Å²) in [7, 11) is 3.36. The van der Waals surface area contributed by atoms with Crippen LogP contribution in [0.5, 0.6) is 0 Å². The lowest BCUT2D eigenvalue weighted by Crippen LogP contribution is -2.67. The summed E-state index contributed by atoms with van der Waals surface area (Å²) in [5, 5.41) is 14.5. The summed E-state index contributed by atoms with van der Waals surface area (Å²) in [6.45, 7) is 3.23. The zero-order valence-electron chi connectivity index (χ0n) is 15.0. The van der Waals surface area contributed by atoms with Crippen LogP contribution in [-0.4, -0.2) is 75.5 Å². The van der Waals surface area contributed by atoms with E-state index in [1.54, 1.807) is 20.7 Å². The maximum absolute atomic E-state index is 13.1. The fraction of sp³-hybridized carbons (Fsp3) is 0.706. The second-order valence-electron chi connectivity index (χ2n) is 7.00. The molecule has 2 amide bonds. The molecule has 138 valence electrons. The first-order valence-corrected chi connectivity index (χ1v) is 8.67. The highest BCUT2D eigenvalue weighted by Crippen LogP contribution is 2.38. The molecule has 25 heavy (non-hydrogen) atoms. The third-order valence-electron chi connectivity index (χ3n) is 5.22. The molecule has 1 N–H and O–H groups in total. The average Bonchev–Trinajstić information content (AvgIpc) is 2.97. The van der Waals surface area contributed by atoms with E-state index in [9.17, 15) is 14.7 Å². The van der Waals surface area contributed by atoms with E-state index >= 15 is 0 Å². The van der Waals surface area contributed by atoms with Gasteiger partial charge in [0.15, 0.2) is 0 Å². The molecular formula is C17H26N4O4. The second-order valence-corrected chi connectivity index (χ2v) is 7.00. The molecule has 2 aliphatic heterocycles. The molecule has 1 aromatic heterocycles. The van der Waals surface area contributed by atoms with Crippen LogP contribution in [0, 0.1) is 5.92 Å². The number of amides is 2. The number of ether oxygens (including phenoxy) is 1. The fourth-order valence-electron chi connectivity index (χ4n) is 4.04. The molecule has 2 saturated heterocycles. The number of carbonyl (C=O) groups is 2. The normalized spacial score (nSPS) is 25.8. The van der Waals surface area contributed by atoms with Crippen LogP contribution in [0.1, 0.15) is 31.5 Å². The Morgan fingerprint density at radius 3 is 2.76 bits per heavy atom. The van der Waals surface area contributed by atoms with Crippen molar-refractivity contribution in [1.82, 2.24) is 19.6 Å². The number of likely N-dealkylation sites (tertiary alicyclic amines) is 2. The fourth-order valence-corrected chi connectivity index (χ4v) is 4.04. The van der Waals surface area contributed by atoms with E-state index < -0.39 is 5.60 Å². The van der Waals surface area contributed by atoms with Gasteiger partial charge in [-0.2, -0.15) is 5.10 Å². The van der Waals surface area contributed by atoms with Gasteiger partial charge in [0.25, 0.3) is 0 Å². The van der Waals surface area contributed by atoms with Crippen LogP contribution in [0.25, 0.3) is 0 Å². The Balaban J connectivity index is 1.82. The minimum Gasteiger partial charge on any atom is -0.384 e. The van der Waals surface area contributed by atoms with Crippen LogP contribution in [0.3, 0.4) is 0 Å². The SMILES string of the molecule is CCN1C(=O)CC[C@H](C(=O)N2CC(O)(COC)C2)[C@H]1c1ccnn1C. The molecule has 2 fully saturated rings. The van der Waals surface area contributed by atoms with Crippen LogP contribution in [0.2, 0.25) is 0 Å². The van der Waals surface area contributed by atoms with Gasteiger partial charge in [0.05, 0.1) is 37.4 Å². The van der Waals surface area contributed by atoms with Crippen molar-refractivity contribution >= 4 is 11.8 Å². The van der Waals surface area contributed by atoms with Gasteiger partial charge in [-0.3, -0.25) is 14.3 Å². The van der Waals surface area contributed by atoms with Crippen molar-refractivity contribution in [3.8, 4) is 0 Å².